The highest BCUT2D eigenvalue weighted by Crippen LogP contribution is 2.39. The Labute approximate surface area is 156 Å². The molecule has 1 N–H and O–H groups in total. The van der Waals surface area contributed by atoms with Gasteiger partial charge in [0.05, 0.1) is 12.0 Å². The first-order valence-electron chi connectivity index (χ1n) is 8.31. The maximum atomic E-state index is 12.6. The van der Waals surface area contributed by atoms with Gasteiger partial charge in [0.1, 0.15) is 0 Å². The lowest BCUT2D eigenvalue weighted by atomic mass is 9.89. The summed E-state index contributed by atoms with van der Waals surface area (Å²) in [5.41, 5.74) is 0.354. The highest BCUT2D eigenvalue weighted by atomic mass is 35.5. The number of carbonyl (C=O) groups is 2. The van der Waals surface area contributed by atoms with E-state index in [9.17, 15) is 14.7 Å². The van der Waals surface area contributed by atoms with Gasteiger partial charge in [0.15, 0.2) is 11.5 Å². The number of phenolic OH excluding ortho intramolecular Hbond substituents is 1. The van der Waals surface area contributed by atoms with Crippen molar-refractivity contribution in [2.24, 2.45) is 5.92 Å². The molecule has 2 aliphatic rings. The van der Waals surface area contributed by atoms with Crippen molar-refractivity contribution in [2.45, 2.75) is 32.1 Å². The van der Waals surface area contributed by atoms with Crippen molar-refractivity contribution in [1.82, 2.24) is 4.90 Å². The van der Waals surface area contributed by atoms with Crippen molar-refractivity contribution in [2.75, 3.05) is 13.7 Å². The van der Waals surface area contributed by atoms with Crippen LogP contribution in [0.25, 0.3) is 6.08 Å². The second-order valence-corrected chi connectivity index (χ2v) is 7.77. The molecule has 0 radical (unpaired) electrons. The molecule has 1 saturated heterocycles. The predicted molar refractivity (Wildman–Crippen MR) is 98.9 cm³/mol. The summed E-state index contributed by atoms with van der Waals surface area (Å²) in [4.78, 5) is 26.5. The fourth-order valence-corrected chi connectivity index (χ4v) is 4.34. The minimum Gasteiger partial charge on any atom is -0.504 e. The van der Waals surface area contributed by atoms with Crippen LogP contribution in [0.2, 0.25) is 5.02 Å². The smallest absolute Gasteiger partial charge is 0.293 e. The fourth-order valence-electron chi connectivity index (χ4n) is 3.29. The largest absolute Gasteiger partial charge is 0.504 e. The fraction of sp³-hybridized carbons (Fsp3) is 0.444. The molecule has 134 valence electrons. The van der Waals surface area contributed by atoms with Crippen LogP contribution in [0, 0.1) is 5.92 Å². The normalized spacial score (nSPS) is 20.6. The van der Waals surface area contributed by atoms with Gasteiger partial charge in [-0.2, -0.15) is 0 Å². The average molecular weight is 382 g/mol. The van der Waals surface area contributed by atoms with Gasteiger partial charge in [-0.05, 0) is 42.7 Å². The standard InChI is InChI=1S/C18H20ClNO4S/c1-24-14-9-13(19)7-12(16(14)21)8-15-17(22)20(18(23)25-15)10-11-5-3-2-4-6-11/h7-9,11,21H,2-6,10H2,1H3/b15-8+. The van der Waals surface area contributed by atoms with Gasteiger partial charge in [-0.15, -0.1) is 0 Å². The van der Waals surface area contributed by atoms with Gasteiger partial charge in [-0.3, -0.25) is 14.5 Å². The summed E-state index contributed by atoms with van der Waals surface area (Å²) in [5, 5.41) is 10.3. The van der Waals surface area contributed by atoms with E-state index in [1.165, 1.54) is 36.6 Å². The molecule has 5 nitrogen and oxygen atoms in total. The summed E-state index contributed by atoms with van der Waals surface area (Å²) >= 11 is 6.92. The molecule has 0 unspecified atom stereocenters. The number of nitrogens with zero attached hydrogens (tertiary/aromatic N) is 1. The molecule has 2 fully saturated rings. The molecule has 1 heterocycles. The van der Waals surface area contributed by atoms with E-state index in [-0.39, 0.29) is 22.6 Å². The van der Waals surface area contributed by atoms with Crippen LogP contribution < -0.4 is 4.74 Å². The Hall–Kier alpha value is -1.66. The molecule has 0 atom stereocenters. The number of carbonyl (C=O) groups excluding carboxylic acids is 2. The molecule has 1 aliphatic carbocycles. The molecule has 3 rings (SSSR count). The Bertz CT molecular complexity index is 728. The van der Waals surface area contributed by atoms with E-state index in [0.717, 1.165) is 37.4 Å². The first-order valence-corrected chi connectivity index (χ1v) is 9.51. The van der Waals surface area contributed by atoms with Crippen LogP contribution >= 0.6 is 23.4 Å². The number of phenols is 1. The number of amides is 2. The zero-order chi connectivity index (χ0) is 18.0. The molecule has 7 heteroatoms. The topological polar surface area (TPSA) is 66.8 Å². The average Bonchev–Trinajstić information content (AvgIpc) is 2.86. The lowest BCUT2D eigenvalue weighted by Crippen LogP contribution is -2.34. The molecule has 1 aromatic rings. The minimum absolute atomic E-state index is 0.106. The SMILES string of the molecule is COc1cc(Cl)cc(/C=C2/SC(=O)N(CC3CCCCC3)C2=O)c1O. The van der Waals surface area contributed by atoms with Gasteiger partial charge in [0.2, 0.25) is 0 Å². The van der Waals surface area contributed by atoms with Crippen LogP contribution in [0.5, 0.6) is 11.5 Å². The van der Waals surface area contributed by atoms with Crippen molar-refractivity contribution in [3.63, 3.8) is 0 Å². The zero-order valence-corrected chi connectivity index (χ0v) is 15.5. The van der Waals surface area contributed by atoms with E-state index in [0.29, 0.717) is 28.0 Å². The summed E-state index contributed by atoms with van der Waals surface area (Å²) < 4.78 is 5.07. The Morgan fingerprint density at radius 2 is 2.04 bits per heavy atom. The van der Waals surface area contributed by atoms with Gasteiger partial charge in [-0.1, -0.05) is 30.9 Å². The van der Waals surface area contributed by atoms with Crippen molar-refractivity contribution in [1.29, 1.82) is 0 Å². The van der Waals surface area contributed by atoms with Crippen molar-refractivity contribution < 1.29 is 19.4 Å². The minimum atomic E-state index is -0.307. The van der Waals surface area contributed by atoms with E-state index >= 15 is 0 Å². The predicted octanol–water partition coefficient (Wildman–Crippen LogP) is 4.67. The Balaban J connectivity index is 1.82. The van der Waals surface area contributed by atoms with E-state index in [1.807, 2.05) is 0 Å². The lowest BCUT2D eigenvalue weighted by molar-refractivity contribution is -0.123. The van der Waals surface area contributed by atoms with Crippen molar-refractivity contribution in [3.8, 4) is 11.5 Å². The number of aromatic hydroxyl groups is 1. The maximum Gasteiger partial charge on any atom is 0.293 e. The third-order valence-electron chi connectivity index (χ3n) is 4.61. The molecular formula is C18H20ClNO4S. The van der Waals surface area contributed by atoms with Crippen LogP contribution in [0.1, 0.15) is 37.7 Å². The van der Waals surface area contributed by atoms with E-state index in [2.05, 4.69) is 0 Å². The van der Waals surface area contributed by atoms with Crippen LogP contribution in [0.4, 0.5) is 4.79 Å². The monoisotopic (exact) mass is 381 g/mol. The molecule has 0 aromatic heterocycles. The number of benzene rings is 1. The summed E-state index contributed by atoms with van der Waals surface area (Å²) in [6.07, 6.45) is 7.17. The molecule has 25 heavy (non-hydrogen) atoms. The highest BCUT2D eigenvalue weighted by Gasteiger charge is 2.36. The van der Waals surface area contributed by atoms with Crippen LogP contribution in [-0.2, 0) is 4.79 Å². The number of rotatable bonds is 4. The summed E-state index contributed by atoms with van der Waals surface area (Å²) in [5.74, 6) is 0.200. The molecule has 1 aromatic carbocycles. The van der Waals surface area contributed by atoms with E-state index in [4.69, 9.17) is 16.3 Å². The summed E-state index contributed by atoms with van der Waals surface area (Å²) in [6.45, 7) is 0.479. The molecule has 2 amide bonds. The molecular weight excluding hydrogens is 362 g/mol. The quantitative estimate of drug-likeness (QED) is 0.767. The van der Waals surface area contributed by atoms with Crippen molar-refractivity contribution in [3.05, 3.63) is 27.6 Å². The van der Waals surface area contributed by atoms with Gasteiger partial charge in [0.25, 0.3) is 11.1 Å². The molecule has 0 spiro atoms. The van der Waals surface area contributed by atoms with Crippen molar-refractivity contribution >= 4 is 40.6 Å². The lowest BCUT2D eigenvalue weighted by Gasteiger charge is -2.25. The van der Waals surface area contributed by atoms with E-state index in [1.54, 1.807) is 0 Å². The second kappa shape index (κ2) is 7.70. The number of hydrogen-bond donors (Lipinski definition) is 1. The Morgan fingerprint density at radius 3 is 2.72 bits per heavy atom. The number of imide groups is 1. The van der Waals surface area contributed by atoms with Crippen LogP contribution in [-0.4, -0.2) is 34.8 Å². The first kappa shape index (κ1) is 18.1. The van der Waals surface area contributed by atoms with Crippen LogP contribution in [0.15, 0.2) is 17.0 Å². The summed E-state index contributed by atoms with van der Waals surface area (Å²) in [6, 6.07) is 3.03. The maximum absolute atomic E-state index is 12.6. The first-order chi connectivity index (χ1) is 12.0. The third kappa shape index (κ3) is 3.96. The number of methoxy groups -OCH3 is 1. The van der Waals surface area contributed by atoms with Gasteiger partial charge in [0, 0.05) is 23.2 Å². The Morgan fingerprint density at radius 1 is 1.32 bits per heavy atom. The molecule has 1 saturated carbocycles. The molecule has 1 aliphatic heterocycles. The highest BCUT2D eigenvalue weighted by molar-refractivity contribution is 8.18. The Kier molecular flexibility index (Phi) is 5.59. The summed E-state index contributed by atoms with van der Waals surface area (Å²) in [7, 11) is 1.42. The van der Waals surface area contributed by atoms with Gasteiger partial charge < -0.3 is 9.84 Å². The van der Waals surface area contributed by atoms with E-state index < -0.39 is 0 Å². The molecule has 0 bridgehead atoms. The van der Waals surface area contributed by atoms with Gasteiger partial charge in [-0.25, -0.2) is 0 Å². The zero-order valence-electron chi connectivity index (χ0n) is 14.0. The number of ether oxygens (including phenoxy) is 1. The van der Waals surface area contributed by atoms with Gasteiger partial charge >= 0.3 is 0 Å². The number of halogens is 1. The number of thioether (sulfide) groups is 1. The second-order valence-electron chi connectivity index (χ2n) is 6.34. The number of hydrogen-bond acceptors (Lipinski definition) is 5. The third-order valence-corrected chi connectivity index (χ3v) is 5.74. The van der Waals surface area contributed by atoms with Crippen LogP contribution in [0.3, 0.4) is 0 Å².